The topological polar surface area (TPSA) is 76.0 Å². The first-order valence-electron chi connectivity index (χ1n) is 6.74. The van der Waals surface area contributed by atoms with Crippen LogP contribution in [0.2, 0.25) is 0 Å². The van der Waals surface area contributed by atoms with E-state index in [2.05, 4.69) is 15.6 Å². The van der Waals surface area contributed by atoms with E-state index in [9.17, 15) is 9.59 Å². The fraction of sp³-hybridized carbons (Fsp3) is 0.267. The fourth-order valence-corrected chi connectivity index (χ4v) is 1.91. The van der Waals surface area contributed by atoms with Gasteiger partial charge in [-0.2, -0.15) is 0 Å². The average Bonchev–Trinajstić information content (AvgIpc) is 2.48. The SMILES string of the molecule is CNCCC(=O)Nc1cccc(Cn2cccnc2=O)c1.Cl. The predicted molar refractivity (Wildman–Crippen MR) is 88.5 cm³/mol. The number of carbonyl (C=O) groups is 1. The van der Waals surface area contributed by atoms with Gasteiger partial charge in [0.05, 0.1) is 6.54 Å². The normalized spacial score (nSPS) is 9.86. The Morgan fingerprint density at radius 1 is 1.32 bits per heavy atom. The smallest absolute Gasteiger partial charge is 0.326 e. The van der Waals surface area contributed by atoms with Gasteiger partial charge in [0.1, 0.15) is 0 Å². The number of hydrogen-bond donors (Lipinski definition) is 2. The van der Waals surface area contributed by atoms with Crippen molar-refractivity contribution in [2.75, 3.05) is 18.9 Å². The van der Waals surface area contributed by atoms with E-state index >= 15 is 0 Å². The first kappa shape index (κ1) is 17.9. The molecule has 0 aliphatic heterocycles. The zero-order valence-corrected chi connectivity index (χ0v) is 13.1. The summed E-state index contributed by atoms with van der Waals surface area (Å²) < 4.78 is 1.52. The van der Waals surface area contributed by atoms with Gasteiger partial charge < -0.3 is 10.6 Å². The van der Waals surface area contributed by atoms with Gasteiger partial charge in [-0.1, -0.05) is 12.1 Å². The number of nitrogens with one attached hydrogen (secondary N) is 2. The lowest BCUT2D eigenvalue weighted by atomic mass is 10.2. The van der Waals surface area contributed by atoms with Crippen LogP contribution in [0.3, 0.4) is 0 Å². The molecular weight excluding hydrogens is 304 g/mol. The van der Waals surface area contributed by atoms with Gasteiger partial charge in [0, 0.05) is 31.0 Å². The molecule has 6 nitrogen and oxygen atoms in total. The van der Waals surface area contributed by atoms with Crippen LogP contribution in [0, 0.1) is 0 Å². The zero-order chi connectivity index (χ0) is 15.1. The van der Waals surface area contributed by atoms with E-state index in [1.807, 2.05) is 24.3 Å². The number of amides is 1. The van der Waals surface area contributed by atoms with Crippen LogP contribution in [0.15, 0.2) is 47.5 Å². The van der Waals surface area contributed by atoms with Crippen LogP contribution in [0.1, 0.15) is 12.0 Å². The quantitative estimate of drug-likeness (QED) is 0.839. The molecule has 2 N–H and O–H groups in total. The number of anilines is 1. The number of carbonyl (C=O) groups excluding carboxylic acids is 1. The Morgan fingerprint density at radius 2 is 2.14 bits per heavy atom. The Kier molecular flexibility index (Phi) is 7.28. The number of halogens is 1. The first-order chi connectivity index (χ1) is 10.2. The second-order valence-electron chi connectivity index (χ2n) is 4.63. The Balaban J connectivity index is 0.00000242. The summed E-state index contributed by atoms with van der Waals surface area (Å²) in [6, 6.07) is 9.15. The van der Waals surface area contributed by atoms with Gasteiger partial charge in [0.2, 0.25) is 5.91 Å². The molecule has 0 atom stereocenters. The highest BCUT2D eigenvalue weighted by Crippen LogP contribution is 2.11. The maximum Gasteiger partial charge on any atom is 0.347 e. The Morgan fingerprint density at radius 3 is 2.86 bits per heavy atom. The van der Waals surface area contributed by atoms with Crippen LogP contribution in [-0.4, -0.2) is 29.1 Å². The molecule has 0 aliphatic carbocycles. The molecular formula is C15H19ClN4O2. The van der Waals surface area contributed by atoms with Crippen molar-refractivity contribution >= 4 is 24.0 Å². The minimum Gasteiger partial charge on any atom is -0.326 e. The van der Waals surface area contributed by atoms with E-state index in [4.69, 9.17) is 0 Å². The van der Waals surface area contributed by atoms with Crippen LogP contribution >= 0.6 is 12.4 Å². The summed E-state index contributed by atoms with van der Waals surface area (Å²) in [7, 11) is 1.81. The van der Waals surface area contributed by atoms with Crippen molar-refractivity contribution in [1.82, 2.24) is 14.9 Å². The lowest BCUT2D eigenvalue weighted by Gasteiger charge is -2.08. The maximum absolute atomic E-state index is 11.7. The maximum atomic E-state index is 11.7. The van der Waals surface area contributed by atoms with E-state index in [1.165, 1.54) is 10.8 Å². The monoisotopic (exact) mass is 322 g/mol. The van der Waals surface area contributed by atoms with Crippen LogP contribution < -0.4 is 16.3 Å². The van der Waals surface area contributed by atoms with Crippen LogP contribution in [0.25, 0.3) is 0 Å². The van der Waals surface area contributed by atoms with Gasteiger partial charge >= 0.3 is 5.69 Å². The van der Waals surface area contributed by atoms with Crippen LogP contribution in [0.4, 0.5) is 5.69 Å². The molecule has 0 bridgehead atoms. The third-order valence-corrected chi connectivity index (χ3v) is 2.95. The standard InChI is InChI=1S/C15H18N4O2.ClH/c1-16-8-6-14(20)18-13-5-2-4-12(10-13)11-19-9-3-7-17-15(19)21;/h2-5,7,9-10,16H,6,8,11H2,1H3,(H,18,20);1H. The summed E-state index contributed by atoms with van der Waals surface area (Å²) >= 11 is 0. The second kappa shape index (κ2) is 8.96. The minimum absolute atomic E-state index is 0. The summed E-state index contributed by atoms with van der Waals surface area (Å²) in [6.45, 7) is 1.06. The molecule has 118 valence electrons. The molecule has 22 heavy (non-hydrogen) atoms. The van der Waals surface area contributed by atoms with E-state index < -0.39 is 0 Å². The number of rotatable bonds is 6. The van der Waals surface area contributed by atoms with Gasteiger partial charge in [-0.05, 0) is 30.8 Å². The van der Waals surface area contributed by atoms with Gasteiger partial charge in [-0.15, -0.1) is 12.4 Å². The molecule has 1 aromatic heterocycles. The highest BCUT2D eigenvalue weighted by molar-refractivity contribution is 5.90. The largest absolute Gasteiger partial charge is 0.347 e. The van der Waals surface area contributed by atoms with Crippen molar-refractivity contribution < 1.29 is 4.79 Å². The Labute approximate surface area is 135 Å². The van der Waals surface area contributed by atoms with Crippen molar-refractivity contribution in [3.8, 4) is 0 Å². The first-order valence-corrected chi connectivity index (χ1v) is 6.74. The molecule has 7 heteroatoms. The lowest BCUT2D eigenvalue weighted by molar-refractivity contribution is -0.116. The molecule has 0 unspecified atom stereocenters. The number of aromatic nitrogens is 2. The van der Waals surface area contributed by atoms with Crippen LogP contribution in [-0.2, 0) is 11.3 Å². The van der Waals surface area contributed by atoms with Gasteiger partial charge in [-0.25, -0.2) is 9.78 Å². The molecule has 2 rings (SSSR count). The Bertz CT molecular complexity index is 672. The Hall–Kier alpha value is -2.18. The van der Waals surface area contributed by atoms with Crippen molar-refractivity contribution in [3.05, 3.63) is 58.8 Å². The van der Waals surface area contributed by atoms with Crippen molar-refractivity contribution in [2.24, 2.45) is 0 Å². The van der Waals surface area contributed by atoms with Crippen molar-refractivity contribution in [1.29, 1.82) is 0 Å². The fourth-order valence-electron chi connectivity index (χ4n) is 1.91. The molecule has 0 radical (unpaired) electrons. The van der Waals surface area contributed by atoms with Gasteiger partial charge in [0.15, 0.2) is 0 Å². The number of benzene rings is 1. The summed E-state index contributed by atoms with van der Waals surface area (Å²) in [5.74, 6) is -0.0416. The van der Waals surface area contributed by atoms with E-state index in [0.29, 0.717) is 19.5 Å². The van der Waals surface area contributed by atoms with E-state index in [-0.39, 0.29) is 24.0 Å². The third kappa shape index (κ3) is 5.31. The summed E-state index contributed by atoms with van der Waals surface area (Å²) in [5.41, 5.74) is 1.36. The van der Waals surface area contributed by atoms with Gasteiger partial charge in [-0.3, -0.25) is 9.36 Å². The summed E-state index contributed by atoms with van der Waals surface area (Å²) in [5, 5.41) is 5.76. The lowest BCUT2D eigenvalue weighted by Crippen LogP contribution is -2.22. The summed E-state index contributed by atoms with van der Waals surface area (Å²) in [6.07, 6.45) is 3.58. The predicted octanol–water partition coefficient (Wildman–Crippen LogP) is 1.26. The molecule has 0 fully saturated rings. The number of hydrogen-bond acceptors (Lipinski definition) is 4. The van der Waals surface area contributed by atoms with E-state index in [0.717, 1.165) is 11.3 Å². The molecule has 0 saturated carbocycles. The minimum atomic E-state index is -0.291. The van der Waals surface area contributed by atoms with Crippen molar-refractivity contribution in [2.45, 2.75) is 13.0 Å². The van der Waals surface area contributed by atoms with Crippen LogP contribution in [0.5, 0.6) is 0 Å². The van der Waals surface area contributed by atoms with E-state index in [1.54, 1.807) is 19.3 Å². The van der Waals surface area contributed by atoms with Crippen molar-refractivity contribution in [3.63, 3.8) is 0 Å². The molecule has 2 aromatic rings. The zero-order valence-electron chi connectivity index (χ0n) is 12.3. The summed E-state index contributed by atoms with van der Waals surface area (Å²) in [4.78, 5) is 27.0. The second-order valence-corrected chi connectivity index (χ2v) is 4.63. The molecule has 0 spiro atoms. The van der Waals surface area contributed by atoms with Gasteiger partial charge in [0.25, 0.3) is 0 Å². The molecule has 1 amide bonds. The third-order valence-electron chi connectivity index (χ3n) is 2.95. The highest BCUT2D eigenvalue weighted by Gasteiger charge is 2.03. The molecule has 0 aliphatic rings. The molecule has 1 heterocycles. The average molecular weight is 323 g/mol. The molecule has 0 saturated heterocycles. The number of nitrogens with zero attached hydrogens (tertiary/aromatic N) is 2. The highest BCUT2D eigenvalue weighted by atomic mass is 35.5. The molecule has 1 aromatic carbocycles.